The van der Waals surface area contributed by atoms with Crippen molar-refractivity contribution in [2.75, 3.05) is 76.2 Å². The summed E-state index contributed by atoms with van der Waals surface area (Å²) >= 11 is 0. The quantitative estimate of drug-likeness (QED) is 0.196. The molecule has 1 spiro atoms. The number of sulfone groups is 1. The van der Waals surface area contributed by atoms with Crippen LogP contribution < -0.4 is 20.7 Å². The van der Waals surface area contributed by atoms with Crippen molar-refractivity contribution in [1.82, 2.24) is 14.7 Å². The lowest BCUT2D eigenvalue weighted by atomic mass is 9.59. The predicted molar refractivity (Wildman–Crippen MR) is 217 cm³/mol. The van der Waals surface area contributed by atoms with Gasteiger partial charge in [-0.05, 0) is 93.8 Å². The maximum atomic E-state index is 14.4. The number of carbonyl (C=O) groups excluding carboxylic acids is 1. The molecule has 3 saturated heterocycles. The summed E-state index contributed by atoms with van der Waals surface area (Å²) in [5.74, 6) is -0.805. The third kappa shape index (κ3) is 7.28. The maximum Gasteiger partial charge on any atom is 0.297 e. The van der Waals surface area contributed by atoms with E-state index in [0.29, 0.717) is 24.3 Å². The number of amides is 1. The summed E-state index contributed by atoms with van der Waals surface area (Å²) in [6, 6.07) is 16.5. The van der Waals surface area contributed by atoms with Crippen LogP contribution in [-0.2, 0) is 9.84 Å². The van der Waals surface area contributed by atoms with Gasteiger partial charge in [-0.3, -0.25) is 24.7 Å². The molecule has 13 nitrogen and oxygen atoms in total. The maximum absolute atomic E-state index is 14.4. The van der Waals surface area contributed by atoms with Gasteiger partial charge in [-0.15, -0.1) is 0 Å². The summed E-state index contributed by atoms with van der Waals surface area (Å²) in [4.78, 5) is 33.2. The second-order valence-corrected chi connectivity index (χ2v) is 18.6. The number of likely N-dealkylation sites (tertiary alicyclic amines) is 1. The van der Waals surface area contributed by atoms with E-state index in [-0.39, 0.29) is 44.9 Å². The molecule has 0 aromatic heterocycles. The number of anilines is 2. The van der Waals surface area contributed by atoms with Crippen molar-refractivity contribution in [3.05, 3.63) is 88.0 Å². The highest BCUT2D eigenvalue weighted by atomic mass is 32.2. The van der Waals surface area contributed by atoms with Crippen LogP contribution in [0, 0.1) is 15.5 Å². The average Bonchev–Trinajstić information content (AvgIpc) is 3.66. The SMILES string of the molecule is C=C(C)c1ccccc1[C@@H]1CCCN1C1CC2(CCN(c3ccc(C(N)=O)c(S(=O)(=O)c4cc5c(c([N+](=O)[O-])c4)N[C@H](CN4CCN(C)CC4)CO5)c3)CC2)C1. The lowest BCUT2D eigenvalue weighted by molar-refractivity contribution is -0.384. The van der Waals surface area contributed by atoms with E-state index < -0.39 is 26.4 Å². The molecule has 1 saturated carbocycles. The zero-order chi connectivity index (χ0) is 39.4. The number of benzene rings is 3. The fourth-order valence-electron chi connectivity index (χ4n) is 9.83. The number of carbonyl (C=O) groups is 1. The van der Waals surface area contributed by atoms with Crippen LogP contribution in [-0.4, -0.2) is 112 Å². The van der Waals surface area contributed by atoms with Gasteiger partial charge < -0.3 is 25.6 Å². The van der Waals surface area contributed by atoms with Crippen LogP contribution in [0.4, 0.5) is 17.1 Å². The molecule has 0 unspecified atom stereocenters. The second-order valence-electron chi connectivity index (χ2n) is 16.7. The Morgan fingerprint density at radius 1 is 1.02 bits per heavy atom. The largest absolute Gasteiger partial charge is 0.489 e. The van der Waals surface area contributed by atoms with E-state index in [1.807, 2.05) is 0 Å². The van der Waals surface area contributed by atoms with Crippen LogP contribution in [0.25, 0.3) is 5.57 Å². The molecule has 5 aliphatic rings. The number of nitro benzene ring substituents is 1. The van der Waals surface area contributed by atoms with Crippen molar-refractivity contribution in [2.45, 2.75) is 73.4 Å². The van der Waals surface area contributed by atoms with Crippen molar-refractivity contribution in [3.63, 3.8) is 0 Å². The van der Waals surface area contributed by atoms with Gasteiger partial charge >= 0.3 is 0 Å². The van der Waals surface area contributed by atoms with Crippen LogP contribution in [0.15, 0.2) is 71.0 Å². The number of piperidine rings is 1. The fourth-order valence-corrected chi connectivity index (χ4v) is 11.3. The molecule has 3 aromatic carbocycles. The zero-order valence-electron chi connectivity index (χ0n) is 32.4. The number of likely N-dealkylation sites (N-methyl/N-ethyl adjacent to an activating group) is 1. The van der Waals surface area contributed by atoms with E-state index in [1.165, 1.54) is 35.7 Å². The van der Waals surface area contributed by atoms with Gasteiger partial charge in [0.25, 0.3) is 5.69 Å². The monoisotopic (exact) mass is 783 g/mol. The molecule has 0 radical (unpaired) electrons. The first-order valence-corrected chi connectivity index (χ1v) is 21.4. The Hall–Kier alpha value is -4.50. The van der Waals surface area contributed by atoms with Crippen LogP contribution in [0.3, 0.4) is 0 Å². The third-order valence-corrected chi connectivity index (χ3v) is 14.8. The molecule has 4 fully saturated rings. The summed E-state index contributed by atoms with van der Waals surface area (Å²) in [5.41, 5.74) is 9.99. The van der Waals surface area contributed by atoms with Gasteiger partial charge in [0, 0.05) is 75.7 Å². The number of fused-ring (bicyclic) bond motifs is 1. The topological polar surface area (TPSA) is 155 Å². The van der Waals surface area contributed by atoms with Crippen molar-refractivity contribution < 1.29 is 22.9 Å². The molecular weight excluding hydrogens is 731 g/mol. The number of piperazine rings is 1. The van der Waals surface area contributed by atoms with E-state index in [1.54, 1.807) is 6.07 Å². The van der Waals surface area contributed by atoms with Crippen molar-refractivity contribution in [3.8, 4) is 5.75 Å². The van der Waals surface area contributed by atoms with E-state index >= 15 is 0 Å². The Morgan fingerprint density at radius 3 is 2.45 bits per heavy atom. The molecule has 0 bridgehead atoms. The first kappa shape index (κ1) is 38.4. The number of nitro groups is 1. The lowest BCUT2D eigenvalue weighted by Gasteiger charge is -2.56. The molecule has 14 heteroatoms. The third-order valence-electron chi connectivity index (χ3n) is 13.0. The minimum atomic E-state index is -4.44. The number of nitrogens with zero attached hydrogens (tertiary/aromatic N) is 5. The van der Waals surface area contributed by atoms with Crippen molar-refractivity contribution >= 4 is 38.4 Å². The van der Waals surface area contributed by atoms with Gasteiger partial charge in [0.2, 0.25) is 15.7 Å². The van der Waals surface area contributed by atoms with Gasteiger partial charge in [0.05, 0.1) is 26.3 Å². The Labute approximate surface area is 329 Å². The summed E-state index contributed by atoms with van der Waals surface area (Å²) in [6.07, 6.45) is 6.63. The average molecular weight is 784 g/mol. The number of nitrogens with one attached hydrogen (secondary N) is 1. The highest BCUT2D eigenvalue weighted by molar-refractivity contribution is 7.91. The molecule has 3 N–H and O–H groups in total. The molecule has 1 amide bonds. The predicted octanol–water partition coefficient (Wildman–Crippen LogP) is 5.57. The first-order valence-electron chi connectivity index (χ1n) is 19.9. The van der Waals surface area contributed by atoms with Crippen LogP contribution >= 0.6 is 0 Å². The van der Waals surface area contributed by atoms with E-state index in [0.717, 1.165) is 89.6 Å². The molecule has 1 aliphatic carbocycles. The first-order chi connectivity index (χ1) is 26.8. The molecule has 4 aliphatic heterocycles. The molecule has 4 heterocycles. The minimum absolute atomic E-state index is 0.0876. The Morgan fingerprint density at radius 2 is 1.75 bits per heavy atom. The molecule has 3 aromatic rings. The minimum Gasteiger partial charge on any atom is -0.489 e. The summed E-state index contributed by atoms with van der Waals surface area (Å²) < 4.78 is 34.7. The Kier molecular flexibility index (Phi) is 10.4. The molecule has 298 valence electrons. The Balaban J connectivity index is 0.975. The van der Waals surface area contributed by atoms with Gasteiger partial charge in [-0.2, -0.15) is 0 Å². The number of hydrogen-bond acceptors (Lipinski definition) is 11. The summed E-state index contributed by atoms with van der Waals surface area (Å²) in [6.45, 7) is 13.4. The van der Waals surface area contributed by atoms with Gasteiger partial charge in [0.15, 0.2) is 11.4 Å². The summed E-state index contributed by atoms with van der Waals surface area (Å²) in [5, 5.41) is 15.6. The van der Waals surface area contributed by atoms with Gasteiger partial charge in [0.1, 0.15) is 6.61 Å². The van der Waals surface area contributed by atoms with Crippen LogP contribution in [0.1, 0.15) is 73.0 Å². The van der Waals surface area contributed by atoms with E-state index in [9.17, 15) is 23.3 Å². The molecule has 8 rings (SSSR count). The molecule has 2 atom stereocenters. The lowest BCUT2D eigenvalue weighted by Crippen LogP contribution is -2.54. The second kappa shape index (κ2) is 15.1. The van der Waals surface area contributed by atoms with Crippen LogP contribution in [0.2, 0.25) is 0 Å². The number of hydrogen-bond donors (Lipinski definition) is 2. The summed E-state index contributed by atoms with van der Waals surface area (Å²) in [7, 11) is -2.36. The van der Waals surface area contributed by atoms with Gasteiger partial charge in [-0.25, -0.2) is 8.42 Å². The van der Waals surface area contributed by atoms with E-state index in [4.69, 9.17) is 10.5 Å². The smallest absolute Gasteiger partial charge is 0.297 e. The molecular formula is C42H53N7O6S. The standard InChI is InChI=1S/C42H53N7O6S/c1-28(2)33-7-4-5-8-34(33)36-9-6-14-48(36)31-24-42(25-31)12-15-47(16-13-42)30-10-11-35(41(43)50)39(21-30)56(53,54)32-22-37(49(51)52)40-38(23-32)55-27-29(44-40)26-46-19-17-45(3)18-20-46/h4-5,7-8,10-11,21-23,29,31,36,44H,1,6,9,12-20,24-27H2,2-3H3,(H2,43,50)/t29-,36+/m1/s1. The van der Waals surface area contributed by atoms with Gasteiger partial charge in [-0.1, -0.05) is 36.4 Å². The number of primary amides is 1. The van der Waals surface area contributed by atoms with E-state index in [2.05, 4.69) is 69.7 Å². The van der Waals surface area contributed by atoms with Crippen LogP contribution in [0.5, 0.6) is 5.75 Å². The number of allylic oxidation sites excluding steroid dienone is 1. The fraction of sp³-hybridized carbons (Fsp3) is 0.500. The highest BCUT2D eigenvalue weighted by Gasteiger charge is 2.50. The molecule has 56 heavy (non-hydrogen) atoms. The van der Waals surface area contributed by atoms with Crippen molar-refractivity contribution in [2.24, 2.45) is 11.1 Å². The normalized spacial score (nSPS) is 23.2. The number of ether oxygens (including phenoxy) is 1. The van der Waals surface area contributed by atoms with Crippen molar-refractivity contribution in [1.29, 1.82) is 0 Å². The number of rotatable bonds is 10. The Bertz CT molecular complexity index is 2140. The zero-order valence-corrected chi connectivity index (χ0v) is 33.2. The highest BCUT2D eigenvalue weighted by Crippen LogP contribution is 2.54. The number of nitrogens with two attached hydrogens (primary N) is 1.